The standard InChI is InChI=1S/C21H24ClNO2/c1-16(25-20-9-7-19(22)8-10-20)21(24)23-13-11-18(12-14-23)15-17-5-3-2-4-6-17/h2-10,16,18H,11-15H2,1H3. The number of carbonyl (C=O) groups is 1. The smallest absolute Gasteiger partial charge is 0.263 e. The highest BCUT2D eigenvalue weighted by Crippen LogP contribution is 2.23. The van der Waals surface area contributed by atoms with Crippen LogP contribution in [0.5, 0.6) is 5.75 Å². The van der Waals surface area contributed by atoms with E-state index in [-0.39, 0.29) is 5.91 Å². The molecule has 1 heterocycles. The van der Waals surface area contributed by atoms with E-state index in [4.69, 9.17) is 16.3 Å². The van der Waals surface area contributed by atoms with Gasteiger partial charge in [-0.2, -0.15) is 0 Å². The summed E-state index contributed by atoms with van der Waals surface area (Å²) < 4.78 is 5.76. The van der Waals surface area contributed by atoms with Crippen molar-refractivity contribution in [2.24, 2.45) is 5.92 Å². The molecule has 3 rings (SSSR count). The lowest BCUT2D eigenvalue weighted by Gasteiger charge is -2.33. The average molecular weight is 358 g/mol. The predicted molar refractivity (Wildman–Crippen MR) is 101 cm³/mol. The molecule has 0 N–H and O–H groups in total. The highest BCUT2D eigenvalue weighted by molar-refractivity contribution is 6.30. The number of hydrogen-bond donors (Lipinski definition) is 0. The Labute approximate surface area is 154 Å². The highest BCUT2D eigenvalue weighted by Gasteiger charge is 2.27. The maximum Gasteiger partial charge on any atom is 0.263 e. The van der Waals surface area contributed by atoms with Gasteiger partial charge in [0.1, 0.15) is 5.75 Å². The SMILES string of the molecule is CC(Oc1ccc(Cl)cc1)C(=O)N1CCC(Cc2ccccc2)CC1. The minimum atomic E-state index is -0.480. The second-order valence-corrected chi connectivity index (χ2v) is 7.11. The number of likely N-dealkylation sites (tertiary alicyclic amines) is 1. The largest absolute Gasteiger partial charge is 0.481 e. The molecule has 0 radical (unpaired) electrons. The van der Waals surface area contributed by atoms with E-state index in [0.29, 0.717) is 16.7 Å². The van der Waals surface area contributed by atoms with Gasteiger partial charge in [-0.25, -0.2) is 0 Å². The van der Waals surface area contributed by atoms with Gasteiger partial charge in [0.25, 0.3) is 5.91 Å². The first-order valence-corrected chi connectivity index (χ1v) is 9.24. The summed E-state index contributed by atoms with van der Waals surface area (Å²) in [6.07, 6.45) is 2.72. The van der Waals surface area contributed by atoms with Crippen LogP contribution in [0.25, 0.3) is 0 Å². The number of ether oxygens (including phenoxy) is 1. The number of benzene rings is 2. The van der Waals surface area contributed by atoms with Crippen LogP contribution in [0, 0.1) is 5.92 Å². The van der Waals surface area contributed by atoms with E-state index in [0.717, 1.165) is 32.4 Å². The van der Waals surface area contributed by atoms with Gasteiger partial charge < -0.3 is 9.64 Å². The monoisotopic (exact) mass is 357 g/mol. The van der Waals surface area contributed by atoms with E-state index in [9.17, 15) is 4.79 Å². The van der Waals surface area contributed by atoms with E-state index in [1.807, 2.05) is 17.9 Å². The second kappa shape index (κ2) is 8.39. The Morgan fingerprint density at radius 1 is 1.12 bits per heavy atom. The summed E-state index contributed by atoms with van der Waals surface area (Å²) in [6, 6.07) is 17.7. The van der Waals surface area contributed by atoms with Gasteiger partial charge in [0.15, 0.2) is 6.10 Å². The summed E-state index contributed by atoms with van der Waals surface area (Å²) in [7, 11) is 0. The van der Waals surface area contributed by atoms with Crippen LogP contribution in [0.4, 0.5) is 0 Å². The first kappa shape index (κ1) is 17.8. The van der Waals surface area contributed by atoms with Crippen LogP contribution in [-0.2, 0) is 11.2 Å². The van der Waals surface area contributed by atoms with Gasteiger partial charge in [0.05, 0.1) is 0 Å². The topological polar surface area (TPSA) is 29.5 Å². The molecule has 0 bridgehead atoms. The van der Waals surface area contributed by atoms with Crippen molar-refractivity contribution in [2.45, 2.75) is 32.3 Å². The number of nitrogens with zero attached hydrogens (tertiary/aromatic N) is 1. The van der Waals surface area contributed by atoms with Crippen molar-refractivity contribution < 1.29 is 9.53 Å². The molecular weight excluding hydrogens is 334 g/mol. The van der Waals surface area contributed by atoms with E-state index >= 15 is 0 Å². The first-order valence-electron chi connectivity index (χ1n) is 8.87. The van der Waals surface area contributed by atoms with E-state index in [2.05, 4.69) is 24.3 Å². The molecule has 0 aromatic heterocycles. The normalized spacial score (nSPS) is 16.5. The van der Waals surface area contributed by atoms with Crippen LogP contribution < -0.4 is 4.74 Å². The van der Waals surface area contributed by atoms with E-state index in [1.54, 1.807) is 24.3 Å². The Morgan fingerprint density at radius 2 is 1.76 bits per heavy atom. The molecule has 1 unspecified atom stereocenters. The molecule has 1 amide bonds. The molecule has 2 aromatic carbocycles. The Kier molecular flexibility index (Phi) is 5.98. The van der Waals surface area contributed by atoms with E-state index < -0.39 is 6.10 Å². The average Bonchev–Trinajstić information content (AvgIpc) is 2.64. The summed E-state index contributed by atoms with van der Waals surface area (Å²) in [5, 5.41) is 0.659. The van der Waals surface area contributed by atoms with E-state index in [1.165, 1.54) is 5.56 Å². The van der Waals surface area contributed by atoms with Crippen LogP contribution in [0.15, 0.2) is 54.6 Å². The van der Waals surface area contributed by atoms with Gasteiger partial charge in [-0.1, -0.05) is 41.9 Å². The molecule has 4 heteroatoms. The van der Waals surface area contributed by atoms with Crippen LogP contribution in [0.3, 0.4) is 0 Å². The third kappa shape index (κ3) is 4.99. The number of rotatable bonds is 5. The molecule has 1 aliphatic rings. The highest BCUT2D eigenvalue weighted by atomic mass is 35.5. The lowest BCUT2D eigenvalue weighted by Crippen LogP contribution is -2.45. The number of piperidine rings is 1. The minimum Gasteiger partial charge on any atom is -0.481 e. The summed E-state index contributed by atoms with van der Waals surface area (Å²) >= 11 is 5.87. The molecule has 1 aliphatic heterocycles. The van der Waals surface area contributed by atoms with Gasteiger partial charge in [-0.3, -0.25) is 4.79 Å². The van der Waals surface area contributed by atoms with Crippen LogP contribution in [-0.4, -0.2) is 30.0 Å². The van der Waals surface area contributed by atoms with Gasteiger partial charge in [-0.15, -0.1) is 0 Å². The molecule has 0 saturated carbocycles. The zero-order chi connectivity index (χ0) is 17.6. The third-order valence-electron chi connectivity index (χ3n) is 4.77. The molecule has 0 aliphatic carbocycles. The second-order valence-electron chi connectivity index (χ2n) is 6.67. The van der Waals surface area contributed by atoms with Crippen molar-refractivity contribution >= 4 is 17.5 Å². The number of halogens is 1. The number of hydrogen-bond acceptors (Lipinski definition) is 2. The lowest BCUT2D eigenvalue weighted by atomic mass is 9.90. The van der Waals surface area contributed by atoms with Gasteiger partial charge in [0.2, 0.25) is 0 Å². The molecule has 0 spiro atoms. The number of amides is 1. The summed E-state index contributed by atoms with van der Waals surface area (Å²) in [5.41, 5.74) is 1.38. The maximum absolute atomic E-state index is 12.6. The minimum absolute atomic E-state index is 0.0631. The Morgan fingerprint density at radius 3 is 2.40 bits per heavy atom. The van der Waals surface area contributed by atoms with Crippen molar-refractivity contribution in [3.05, 3.63) is 65.2 Å². The molecule has 3 nitrogen and oxygen atoms in total. The van der Waals surface area contributed by atoms with Crippen molar-refractivity contribution in [3.63, 3.8) is 0 Å². The zero-order valence-corrected chi connectivity index (χ0v) is 15.3. The molecule has 1 saturated heterocycles. The molecule has 132 valence electrons. The van der Waals surface area contributed by atoms with Crippen molar-refractivity contribution in [1.29, 1.82) is 0 Å². The van der Waals surface area contributed by atoms with Crippen molar-refractivity contribution in [1.82, 2.24) is 4.90 Å². The van der Waals surface area contributed by atoms with Crippen LogP contribution >= 0.6 is 11.6 Å². The Hall–Kier alpha value is -2.00. The van der Waals surface area contributed by atoms with Gasteiger partial charge in [-0.05, 0) is 61.9 Å². The zero-order valence-electron chi connectivity index (χ0n) is 14.5. The molecular formula is C21H24ClNO2. The van der Waals surface area contributed by atoms with Gasteiger partial charge >= 0.3 is 0 Å². The summed E-state index contributed by atoms with van der Waals surface area (Å²) in [4.78, 5) is 14.5. The Balaban J connectivity index is 1.48. The molecule has 1 fully saturated rings. The summed E-state index contributed by atoms with van der Waals surface area (Å²) in [6.45, 7) is 3.43. The third-order valence-corrected chi connectivity index (χ3v) is 5.02. The fourth-order valence-corrected chi connectivity index (χ4v) is 3.46. The van der Waals surface area contributed by atoms with Crippen molar-refractivity contribution in [2.75, 3.05) is 13.1 Å². The molecule has 25 heavy (non-hydrogen) atoms. The van der Waals surface area contributed by atoms with Gasteiger partial charge in [0, 0.05) is 18.1 Å². The maximum atomic E-state index is 12.6. The predicted octanol–water partition coefficient (Wildman–Crippen LogP) is 4.59. The fourth-order valence-electron chi connectivity index (χ4n) is 3.33. The van der Waals surface area contributed by atoms with Crippen LogP contribution in [0.1, 0.15) is 25.3 Å². The molecule has 1 atom stereocenters. The van der Waals surface area contributed by atoms with Crippen molar-refractivity contribution in [3.8, 4) is 5.75 Å². The molecule has 2 aromatic rings. The first-order chi connectivity index (χ1) is 12.1. The fraction of sp³-hybridized carbons (Fsp3) is 0.381. The summed E-state index contributed by atoms with van der Waals surface area (Å²) in [5.74, 6) is 1.39. The Bertz CT molecular complexity index is 679. The number of carbonyl (C=O) groups excluding carboxylic acids is 1. The lowest BCUT2D eigenvalue weighted by molar-refractivity contribution is -0.139. The van der Waals surface area contributed by atoms with Crippen LogP contribution in [0.2, 0.25) is 5.02 Å². The quantitative estimate of drug-likeness (QED) is 0.783.